The van der Waals surface area contributed by atoms with E-state index in [-0.39, 0.29) is 22.3 Å². The number of fused-ring (bicyclic) bond motifs is 1. The van der Waals surface area contributed by atoms with E-state index in [1.165, 1.54) is 17.1 Å². The number of aromatic nitrogens is 6. The molecule has 0 radical (unpaired) electrons. The summed E-state index contributed by atoms with van der Waals surface area (Å²) in [4.78, 5) is 34.7. The Morgan fingerprint density at radius 3 is 2.63 bits per heavy atom. The van der Waals surface area contributed by atoms with Crippen LogP contribution in [0.2, 0.25) is 5.28 Å². The lowest BCUT2D eigenvalue weighted by atomic mass is 9.92. The molecule has 16 heteroatoms. The predicted molar refractivity (Wildman–Crippen MR) is 139 cm³/mol. The number of aliphatic hydroxyl groups excluding tert-OH is 1. The molecule has 4 aromatic rings. The number of nitrogen functional groups attached to an aromatic ring is 1. The SMILES string of the molecule is Nc1nc(Cl)nc2c1ncn2[C@@H]1O[C@H](COC(C(=O)O)C(=O)O)[C@](O)(C#Cc2ccnn2Cc2ccccc2)[C@H]1O. The average molecular weight is 584 g/mol. The van der Waals surface area contributed by atoms with Gasteiger partial charge in [0.2, 0.25) is 5.28 Å². The van der Waals surface area contributed by atoms with Crippen LogP contribution in [0.3, 0.4) is 0 Å². The summed E-state index contributed by atoms with van der Waals surface area (Å²) in [7, 11) is 0. The molecule has 212 valence electrons. The fourth-order valence-corrected chi connectivity index (χ4v) is 4.48. The number of ether oxygens (including phenoxy) is 2. The Bertz CT molecular complexity index is 1650. The van der Waals surface area contributed by atoms with Gasteiger partial charge < -0.3 is 35.6 Å². The number of nitrogens with zero attached hydrogens (tertiary/aromatic N) is 6. The third-order valence-electron chi connectivity index (χ3n) is 6.36. The third-order valence-corrected chi connectivity index (χ3v) is 6.53. The third kappa shape index (κ3) is 5.42. The van der Waals surface area contributed by atoms with E-state index in [1.807, 2.05) is 30.3 Å². The summed E-state index contributed by atoms with van der Waals surface area (Å²) < 4.78 is 13.7. The van der Waals surface area contributed by atoms with Crippen LogP contribution < -0.4 is 5.73 Å². The highest BCUT2D eigenvalue weighted by atomic mass is 35.5. The summed E-state index contributed by atoms with van der Waals surface area (Å²) in [6, 6.07) is 11.0. The highest BCUT2D eigenvalue weighted by Crippen LogP contribution is 2.39. The van der Waals surface area contributed by atoms with E-state index in [9.17, 15) is 30.0 Å². The number of hydrogen-bond donors (Lipinski definition) is 5. The molecule has 0 amide bonds. The highest BCUT2D eigenvalue weighted by molar-refractivity contribution is 6.28. The zero-order chi connectivity index (χ0) is 29.3. The zero-order valence-corrected chi connectivity index (χ0v) is 21.7. The van der Waals surface area contributed by atoms with Crippen molar-refractivity contribution >= 4 is 40.5 Å². The second kappa shape index (κ2) is 11.1. The van der Waals surface area contributed by atoms with Gasteiger partial charge in [0.1, 0.15) is 23.4 Å². The molecular weight excluding hydrogens is 562 g/mol. The van der Waals surface area contributed by atoms with Gasteiger partial charge in [0.25, 0.3) is 6.10 Å². The number of halogens is 1. The fourth-order valence-electron chi connectivity index (χ4n) is 4.31. The van der Waals surface area contributed by atoms with E-state index in [2.05, 4.69) is 31.9 Å². The van der Waals surface area contributed by atoms with E-state index < -0.39 is 48.7 Å². The van der Waals surface area contributed by atoms with Crippen LogP contribution in [0.1, 0.15) is 17.5 Å². The van der Waals surface area contributed by atoms with E-state index in [0.29, 0.717) is 12.2 Å². The maximum Gasteiger partial charge on any atom is 0.344 e. The molecule has 0 unspecified atom stereocenters. The Kier molecular flexibility index (Phi) is 7.58. The Morgan fingerprint density at radius 1 is 1.20 bits per heavy atom. The van der Waals surface area contributed by atoms with Gasteiger partial charge in [-0.3, -0.25) is 9.25 Å². The van der Waals surface area contributed by atoms with Crippen LogP contribution in [0.4, 0.5) is 5.82 Å². The van der Waals surface area contributed by atoms with E-state index >= 15 is 0 Å². The minimum absolute atomic E-state index is 0.0430. The number of carboxylic acids is 2. The van der Waals surface area contributed by atoms with Crippen LogP contribution >= 0.6 is 11.6 Å². The van der Waals surface area contributed by atoms with Crippen molar-refractivity contribution in [2.24, 2.45) is 0 Å². The summed E-state index contributed by atoms with van der Waals surface area (Å²) in [5.41, 5.74) is 5.00. The molecule has 0 bridgehead atoms. The van der Waals surface area contributed by atoms with Crippen molar-refractivity contribution < 1.29 is 39.5 Å². The number of anilines is 1. The van der Waals surface area contributed by atoms with Crippen LogP contribution in [0.5, 0.6) is 0 Å². The summed E-state index contributed by atoms with van der Waals surface area (Å²) >= 11 is 5.95. The molecule has 1 aliphatic rings. The topological polar surface area (TPSA) is 221 Å². The van der Waals surface area contributed by atoms with E-state index in [4.69, 9.17) is 26.8 Å². The van der Waals surface area contributed by atoms with Crippen molar-refractivity contribution in [2.45, 2.75) is 36.7 Å². The molecule has 4 heterocycles. The molecule has 3 aromatic heterocycles. The van der Waals surface area contributed by atoms with Gasteiger partial charge in [0.05, 0.1) is 25.7 Å². The molecule has 1 aromatic carbocycles. The summed E-state index contributed by atoms with van der Waals surface area (Å²) in [5, 5.41) is 45.4. The van der Waals surface area contributed by atoms with Crippen LogP contribution in [-0.4, -0.2) is 92.2 Å². The molecule has 1 fully saturated rings. The van der Waals surface area contributed by atoms with Gasteiger partial charge >= 0.3 is 11.9 Å². The molecule has 0 spiro atoms. The molecular formula is C25H22ClN7O8. The summed E-state index contributed by atoms with van der Waals surface area (Å²) in [6.45, 7) is -0.401. The first kappa shape index (κ1) is 28.0. The molecule has 0 saturated carbocycles. The quantitative estimate of drug-likeness (QED) is 0.104. The fraction of sp³-hybridized carbons (Fsp3) is 0.280. The summed E-state index contributed by atoms with van der Waals surface area (Å²) in [6.07, 6.45) is -4.26. The van der Waals surface area contributed by atoms with Gasteiger partial charge in [-0.15, -0.1) is 0 Å². The lowest BCUT2D eigenvalue weighted by Crippen LogP contribution is -2.49. The van der Waals surface area contributed by atoms with Crippen LogP contribution in [0, 0.1) is 11.8 Å². The number of aliphatic hydroxyl groups is 2. The molecule has 4 atom stereocenters. The number of benzene rings is 1. The Balaban J connectivity index is 1.51. The number of nitrogens with two attached hydrogens (primary N) is 1. The lowest BCUT2D eigenvalue weighted by molar-refractivity contribution is -0.171. The lowest BCUT2D eigenvalue weighted by Gasteiger charge is -2.25. The first-order chi connectivity index (χ1) is 19.6. The molecule has 6 N–H and O–H groups in total. The van der Waals surface area contributed by atoms with Crippen LogP contribution in [0.15, 0.2) is 48.9 Å². The Hall–Kier alpha value is -4.59. The number of rotatable bonds is 8. The number of aliphatic carboxylic acids is 2. The normalized spacial score (nSPS) is 22.1. The molecule has 41 heavy (non-hydrogen) atoms. The minimum Gasteiger partial charge on any atom is -0.479 e. The van der Waals surface area contributed by atoms with Gasteiger partial charge in [0, 0.05) is 0 Å². The Morgan fingerprint density at radius 2 is 1.93 bits per heavy atom. The maximum atomic E-state index is 11.7. The second-order valence-corrected chi connectivity index (χ2v) is 9.33. The number of carbonyl (C=O) groups is 2. The first-order valence-electron chi connectivity index (χ1n) is 12.0. The monoisotopic (exact) mass is 583 g/mol. The second-order valence-electron chi connectivity index (χ2n) is 8.99. The van der Waals surface area contributed by atoms with Crippen molar-refractivity contribution in [2.75, 3.05) is 12.3 Å². The van der Waals surface area contributed by atoms with Gasteiger partial charge in [-0.25, -0.2) is 14.6 Å². The molecule has 1 aliphatic heterocycles. The van der Waals surface area contributed by atoms with Crippen molar-refractivity contribution in [1.29, 1.82) is 0 Å². The van der Waals surface area contributed by atoms with Crippen molar-refractivity contribution in [3.63, 3.8) is 0 Å². The Labute approximate surface area is 235 Å². The van der Waals surface area contributed by atoms with Crippen LogP contribution in [-0.2, 0) is 25.6 Å². The molecule has 15 nitrogen and oxygen atoms in total. The van der Waals surface area contributed by atoms with E-state index in [0.717, 1.165) is 5.56 Å². The number of imidazole rings is 1. The minimum atomic E-state index is -2.40. The number of hydrogen-bond acceptors (Lipinski definition) is 11. The largest absolute Gasteiger partial charge is 0.479 e. The zero-order valence-electron chi connectivity index (χ0n) is 20.9. The molecule has 0 aliphatic carbocycles. The van der Waals surface area contributed by atoms with Crippen molar-refractivity contribution in [3.8, 4) is 11.8 Å². The van der Waals surface area contributed by atoms with Gasteiger partial charge in [-0.05, 0) is 29.2 Å². The van der Waals surface area contributed by atoms with Gasteiger partial charge in [-0.1, -0.05) is 36.3 Å². The molecule has 1 saturated heterocycles. The van der Waals surface area contributed by atoms with E-state index in [1.54, 1.807) is 10.7 Å². The molecule has 5 rings (SSSR count). The maximum absolute atomic E-state index is 11.7. The van der Waals surface area contributed by atoms with Gasteiger partial charge in [-0.2, -0.15) is 15.1 Å². The predicted octanol–water partition coefficient (Wildman–Crippen LogP) is -0.0978. The average Bonchev–Trinajstić information content (AvgIpc) is 3.61. The summed E-state index contributed by atoms with van der Waals surface area (Å²) in [5.74, 6) is 1.82. The van der Waals surface area contributed by atoms with Gasteiger partial charge in [0.15, 0.2) is 23.3 Å². The standard InChI is InChI=1S/C25H22ClN7O8/c26-24-30-19(27)16-20(31-24)32(12-28-16)21-18(34)25(39,15(41-21)11-40-17(22(35)36)23(37)38)8-6-14-7-9-29-33(14)10-13-4-2-1-3-5-13/h1-5,7,9,12,15,17-18,21,34,39H,10-11H2,(H,35,36)(H,37,38)(H2,27,30,31)/t15-,18+,21-,25-/m1/s1. The van der Waals surface area contributed by atoms with Crippen LogP contribution in [0.25, 0.3) is 11.2 Å². The highest BCUT2D eigenvalue weighted by Gasteiger charge is 2.56. The van der Waals surface area contributed by atoms with Crippen molar-refractivity contribution in [1.82, 2.24) is 29.3 Å². The van der Waals surface area contributed by atoms with Crippen molar-refractivity contribution in [3.05, 3.63) is 65.5 Å². The number of carboxylic acid groups (broad SMARTS) is 2. The first-order valence-corrected chi connectivity index (χ1v) is 12.3. The smallest absolute Gasteiger partial charge is 0.344 e.